The summed E-state index contributed by atoms with van der Waals surface area (Å²) in [5.74, 6) is -1.02. The van der Waals surface area contributed by atoms with E-state index in [9.17, 15) is 9.90 Å². The first-order valence-corrected chi connectivity index (χ1v) is 3.97. The highest BCUT2D eigenvalue weighted by molar-refractivity contribution is 5.84. The van der Waals surface area contributed by atoms with Crippen molar-refractivity contribution in [2.75, 3.05) is 6.54 Å². The molecule has 2 rings (SSSR count). The second-order valence-corrected chi connectivity index (χ2v) is 3.09. The number of carboxylic acid groups (broad SMARTS) is 1. The van der Waals surface area contributed by atoms with Crippen molar-refractivity contribution in [3.63, 3.8) is 0 Å². The third kappa shape index (κ3) is 0.914. The van der Waals surface area contributed by atoms with E-state index < -0.39 is 5.97 Å². The van der Waals surface area contributed by atoms with E-state index in [1.165, 1.54) is 0 Å². The van der Waals surface area contributed by atoms with Crippen LogP contribution in [-0.2, 0) is 4.79 Å². The van der Waals surface area contributed by atoms with Gasteiger partial charge in [-0.25, -0.2) is 0 Å². The van der Waals surface area contributed by atoms with Crippen molar-refractivity contribution in [1.82, 2.24) is 4.90 Å². The maximum atomic E-state index is 10.5. The molecule has 2 aliphatic heterocycles. The first-order valence-electron chi connectivity index (χ1n) is 3.97. The lowest BCUT2D eigenvalue weighted by atomic mass is 9.93. The number of carboxylic acids is 1. The monoisotopic (exact) mass is 152 g/mol. The van der Waals surface area contributed by atoms with Crippen LogP contribution in [0.3, 0.4) is 0 Å². The first kappa shape index (κ1) is 6.70. The molecule has 0 spiro atoms. The van der Waals surface area contributed by atoms with Gasteiger partial charge in [0, 0.05) is 12.6 Å². The molecular weight excluding hydrogens is 142 g/mol. The van der Waals surface area contributed by atoms with Crippen molar-refractivity contribution in [2.24, 2.45) is 0 Å². The maximum Gasteiger partial charge on any atom is 0.0873 e. The fourth-order valence-electron chi connectivity index (χ4n) is 1.79. The molecule has 2 heterocycles. The van der Waals surface area contributed by atoms with Gasteiger partial charge in [0.25, 0.3) is 0 Å². The molecule has 1 fully saturated rings. The highest BCUT2D eigenvalue weighted by Crippen LogP contribution is 2.30. The normalized spacial score (nSPS) is 28.5. The minimum atomic E-state index is -1.02. The third-order valence-corrected chi connectivity index (χ3v) is 2.50. The smallest absolute Gasteiger partial charge is 0.0873 e. The minimum absolute atomic E-state index is 0.410. The Morgan fingerprint density at radius 3 is 2.91 bits per heavy atom. The van der Waals surface area contributed by atoms with Crippen molar-refractivity contribution >= 4 is 5.97 Å². The fourth-order valence-corrected chi connectivity index (χ4v) is 1.79. The van der Waals surface area contributed by atoms with E-state index in [-0.39, 0.29) is 0 Å². The zero-order chi connectivity index (χ0) is 7.84. The molecule has 0 aliphatic carbocycles. The van der Waals surface area contributed by atoms with Gasteiger partial charge >= 0.3 is 0 Å². The van der Waals surface area contributed by atoms with Crippen LogP contribution in [0.15, 0.2) is 11.8 Å². The van der Waals surface area contributed by atoms with Crippen LogP contribution < -0.4 is 5.11 Å². The summed E-state index contributed by atoms with van der Waals surface area (Å²) in [4.78, 5) is 12.5. The van der Waals surface area contributed by atoms with Crippen LogP contribution in [0.4, 0.5) is 0 Å². The number of hydrogen-bond donors (Lipinski definition) is 0. The van der Waals surface area contributed by atoms with Crippen molar-refractivity contribution in [3.05, 3.63) is 11.8 Å². The van der Waals surface area contributed by atoms with Gasteiger partial charge in [-0.1, -0.05) is 6.08 Å². The molecular formula is C8H10NO2-. The molecule has 0 aromatic heterocycles. The Morgan fingerprint density at radius 2 is 2.45 bits per heavy atom. The van der Waals surface area contributed by atoms with Crippen LogP contribution >= 0.6 is 0 Å². The summed E-state index contributed by atoms with van der Waals surface area (Å²) < 4.78 is 0. The van der Waals surface area contributed by atoms with Crippen LogP contribution in [0.2, 0.25) is 0 Å². The second kappa shape index (κ2) is 2.26. The number of fused-ring (bicyclic) bond motifs is 1. The molecule has 60 valence electrons. The summed E-state index contributed by atoms with van der Waals surface area (Å²) in [6.45, 7) is 0.893. The molecule has 0 aromatic rings. The number of rotatable bonds is 1. The predicted octanol–water partition coefficient (Wildman–Crippen LogP) is -0.512. The topological polar surface area (TPSA) is 43.4 Å². The van der Waals surface area contributed by atoms with E-state index in [0.717, 1.165) is 25.8 Å². The van der Waals surface area contributed by atoms with Gasteiger partial charge in [-0.2, -0.15) is 0 Å². The molecule has 2 aliphatic rings. The Bertz CT molecular complexity index is 222. The number of aliphatic carboxylic acids is 1. The summed E-state index contributed by atoms with van der Waals surface area (Å²) in [5.41, 5.74) is 0.410. The maximum absolute atomic E-state index is 10.5. The van der Waals surface area contributed by atoms with E-state index in [2.05, 4.69) is 0 Å². The van der Waals surface area contributed by atoms with Crippen LogP contribution in [0.25, 0.3) is 0 Å². The zero-order valence-electron chi connectivity index (χ0n) is 6.25. The highest BCUT2D eigenvalue weighted by atomic mass is 16.4. The first-order chi connectivity index (χ1) is 5.29. The molecule has 0 N–H and O–H groups in total. The molecule has 3 nitrogen and oxygen atoms in total. The van der Waals surface area contributed by atoms with Crippen LogP contribution in [0, 0.1) is 0 Å². The van der Waals surface area contributed by atoms with Crippen molar-refractivity contribution in [2.45, 2.75) is 25.3 Å². The second-order valence-electron chi connectivity index (χ2n) is 3.09. The lowest BCUT2D eigenvalue weighted by Gasteiger charge is -2.47. The largest absolute Gasteiger partial charge is 0.543 e. The molecule has 0 saturated carbocycles. The van der Waals surface area contributed by atoms with Crippen LogP contribution in [0.1, 0.15) is 19.3 Å². The van der Waals surface area contributed by atoms with Gasteiger partial charge in [-0.3, -0.25) is 0 Å². The van der Waals surface area contributed by atoms with Gasteiger partial charge in [0.05, 0.1) is 11.7 Å². The summed E-state index contributed by atoms with van der Waals surface area (Å²) in [7, 11) is 0. The lowest BCUT2D eigenvalue weighted by Crippen LogP contribution is -2.52. The highest BCUT2D eigenvalue weighted by Gasteiger charge is 2.31. The van der Waals surface area contributed by atoms with Gasteiger partial charge in [-0.15, -0.1) is 0 Å². The number of carbonyl (C=O) groups is 1. The number of carbonyl (C=O) groups excluding carboxylic acids is 1. The number of hydrogen-bond acceptors (Lipinski definition) is 3. The molecule has 11 heavy (non-hydrogen) atoms. The van der Waals surface area contributed by atoms with Crippen molar-refractivity contribution < 1.29 is 9.90 Å². The van der Waals surface area contributed by atoms with E-state index in [4.69, 9.17) is 0 Å². The average molecular weight is 152 g/mol. The Balaban J connectivity index is 2.18. The van der Waals surface area contributed by atoms with Gasteiger partial charge in [0.2, 0.25) is 0 Å². The zero-order valence-corrected chi connectivity index (χ0v) is 6.25. The summed E-state index contributed by atoms with van der Waals surface area (Å²) >= 11 is 0. The SMILES string of the molecule is O=C([O-])C1=CCCC2CCN12. The predicted molar refractivity (Wildman–Crippen MR) is 37.4 cm³/mol. The number of nitrogens with zero attached hydrogens (tertiary/aromatic N) is 1. The van der Waals surface area contributed by atoms with E-state index in [0.29, 0.717) is 11.7 Å². The molecule has 3 heteroatoms. The Kier molecular flexibility index (Phi) is 1.37. The van der Waals surface area contributed by atoms with Gasteiger partial charge in [0.15, 0.2) is 0 Å². The van der Waals surface area contributed by atoms with Crippen LogP contribution in [-0.4, -0.2) is 23.5 Å². The molecule has 0 bridgehead atoms. The molecule has 0 radical (unpaired) electrons. The molecule has 1 atom stereocenters. The van der Waals surface area contributed by atoms with E-state index in [1.54, 1.807) is 6.08 Å². The Labute approximate surface area is 65.3 Å². The fraction of sp³-hybridized carbons (Fsp3) is 0.625. The van der Waals surface area contributed by atoms with Crippen molar-refractivity contribution in [3.8, 4) is 0 Å². The van der Waals surface area contributed by atoms with Gasteiger partial charge < -0.3 is 14.8 Å². The quantitative estimate of drug-likeness (QED) is 0.508. The van der Waals surface area contributed by atoms with Crippen LogP contribution in [0.5, 0.6) is 0 Å². The minimum Gasteiger partial charge on any atom is -0.543 e. The number of allylic oxidation sites excluding steroid dienone is 1. The Hall–Kier alpha value is -0.990. The molecule has 0 aromatic carbocycles. The van der Waals surface area contributed by atoms with Gasteiger partial charge in [-0.05, 0) is 19.3 Å². The lowest BCUT2D eigenvalue weighted by molar-refractivity contribution is -0.302. The third-order valence-electron chi connectivity index (χ3n) is 2.50. The Morgan fingerprint density at radius 1 is 1.64 bits per heavy atom. The average Bonchev–Trinajstić information content (AvgIpc) is 1.90. The van der Waals surface area contributed by atoms with Gasteiger partial charge in [0.1, 0.15) is 0 Å². The molecule has 1 unspecified atom stereocenters. The van der Waals surface area contributed by atoms with Crippen molar-refractivity contribution in [1.29, 1.82) is 0 Å². The molecule has 0 amide bonds. The standard InChI is InChI=1S/C8H11NO2/c10-8(11)7-3-1-2-6-4-5-9(6)7/h3,6H,1-2,4-5H2,(H,10,11)/p-1. The summed E-state index contributed by atoms with van der Waals surface area (Å²) in [6.07, 6.45) is 4.91. The molecule has 1 saturated heterocycles. The summed E-state index contributed by atoms with van der Waals surface area (Å²) in [6, 6.07) is 0.493. The van der Waals surface area contributed by atoms with E-state index >= 15 is 0 Å². The summed E-state index contributed by atoms with van der Waals surface area (Å²) in [5, 5.41) is 10.5. The van der Waals surface area contributed by atoms with E-state index in [1.807, 2.05) is 4.90 Å².